The van der Waals surface area contributed by atoms with Crippen LogP contribution in [0.25, 0.3) is 0 Å². The number of hydrogen-bond acceptors (Lipinski definition) is 7. The molecule has 2 heterocycles. The number of sulfonamides is 1. The molecule has 2 aliphatic rings. The molecular weight excluding hydrogens is 414 g/mol. The number of nitrogens with zero attached hydrogens (tertiary/aromatic N) is 1. The number of urea groups is 1. The molecule has 0 unspecified atom stereocenters. The molecule has 0 atom stereocenters. The van der Waals surface area contributed by atoms with Crippen molar-refractivity contribution in [3.63, 3.8) is 0 Å². The largest absolute Gasteiger partial charge is 0.463 e. The summed E-state index contributed by atoms with van der Waals surface area (Å²) < 4.78 is 36.9. The van der Waals surface area contributed by atoms with Gasteiger partial charge >= 0.3 is 18.0 Å². The van der Waals surface area contributed by atoms with Crippen molar-refractivity contribution in [2.75, 3.05) is 32.8 Å². The molecule has 11 heteroatoms. The SMILES string of the molecule is CCOC(=O)C1=C(COC(=O)c2cccc(S(=O)(=O)N3CCCC3)c2)NC(=O)NC1. The Kier molecular flexibility index (Phi) is 6.73. The molecule has 0 radical (unpaired) electrons. The molecule has 0 aromatic heterocycles. The minimum absolute atomic E-state index is 0.0143. The lowest BCUT2D eigenvalue weighted by atomic mass is 10.1. The van der Waals surface area contributed by atoms with Crippen molar-refractivity contribution >= 4 is 28.0 Å². The molecule has 1 aromatic carbocycles. The van der Waals surface area contributed by atoms with Crippen LogP contribution >= 0.6 is 0 Å². The number of benzene rings is 1. The second-order valence-electron chi connectivity index (χ2n) is 6.70. The number of carbonyl (C=O) groups is 3. The van der Waals surface area contributed by atoms with Gasteiger partial charge in [-0.15, -0.1) is 0 Å². The van der Waals surface area contributed by atoms with Crippen molar-refractivity contribution in [2.24, 2.45) is 0 Å². The average molecular weight is 437 g/mol. The molecular formula is C19H23N3O7S. The van der Waals surface area contributed by atoms with Gasteiger partial charge in [-0.3, -0.25) is 0 Å². The summed E-state index contributed by atoms with van der Waals surface area (Å²) in [4.78, 5) is 36.1. The fraction of sp³-hybridized carbons (Fsp3) is 0.421. The van der Waals surface area contributed by atoms with Crippen LogP contribution in [0.4, 0.5) is 4.79 Å². The summed E-state index contributed by atoms with van der Waals surface area (Å²) in [6.45, 7) is 2.29. The lowest BCUT2D eigenvalue weighted by molar-refractivity contribution is -0.138. The summed E-state index contributed by atoms with van der Waals surface area (Å²) in [6, 6.07) is 5.06. The van der Waals surface area contributed by atoms with Crippen molar-refractivity contribution < 1.29 is 32.3 Å². The summed E-state index contributed by atoms with van der Waals surface area (Å²) in [5, 5.41) is 4.89. The highest BCUT2D eigenvalue weighted by atomic mass is 32.2. The predicted molar refractivity (Wildman–Crippen MR) is 105 cm³/mol. The van der Waals surface area contributed by atoms with Crippen molar-refractivity contribution in [3.8, 4) is 0 Å². The number of carbonyl (C=O) groups excluding carboxylic acids is 3. The van der Waals surface area contributed by atoms with Gasteiger partial charge in [0.1, 0.15) is 6.61 Å². The van der Waals surface area contributed by atoms with E-state index in [9.17, 15) is 22.8 Å². The molecule has 2 N–H and O–H groups in total. The molecule has 162 valence electrons. The zero-order valence-corrected chi connectivity index (χ0v) is 17.3. The number of nitrogens with one attached hydrogen (secondary N) is 2. The van der Waals surface area contributed by atoms with Crippen LogP contribution in [0.2, 0.25) is 0 Å². The van der Waals surface area contributed by atoms with Crippen molar-refractivity contribution in [3.05, 3.63) is 41.1 Å². The van der Waals surface area contributed by atoms with Gasteiger partial charge < -0.3 is 20.1 Å². The molecule has 0 aliphatic carbocycles. The summed E-state index contributed by atoms with van der Waals surface area (Å²) in [7, 11) is -3.67. The van der Waals surface area contributed by atoms with Crippen LogP contribution in [-0.2, 0) is 24.3 Å². The topological polar surface area (TPSA) is 131 Å². The molecule has 3 rings (SSSR count). The first kappa shape index (κ1) is 21.8. The summed E-state index contributed by atoms with van der Waals surface area (Å²) in [5.41, 5.74) is 0.315. The van der Waals surface area contributed by atoms with Crippen LogP contribution in [0.5, 0.6) is 0 Å². The minimum Gasteiger partial charge on any atom is -0.463 e. The third kappa shape index (κ3) is 4.79. The highest BCUT2D eigenvalue weighted by Crippen LogP contribution is 2.22. The van der Waals surface area contributed by atoms with Gasteiger partial charge in [-0.25, -0.2) is 22.8 Å². The normalized spacial score (nSPS) is 17.3. The maximum Gasteiger partial charge on any atom is 0.338 e. The lowest BCUT2D eigenvalue weighted by Crippen LogP contribution is -2.45. The number of esters is 2. The molecule has 2 amide bonds. The first-order valence-electron chi connectivity index (χ1n) is 9.54. The minimum atomic E-state index is -3.67. The summed E-state index contributed by atoms with van der Waals surface area (Å²) >= 11 is 0. The molecule has 10 nitrogen and oxygen atoms in total. The van der Waals surface area contributed by atoms with Crippen LogP contribution in [0, 0.1) is 0 Å². The molecule has 2 aliphatic heterocycles. The Bertz CT molecular complexity index is 982. The fourth-order valence-corrected chi connectivity index (χ4v) is 4.71. The van der Waals surface area contributed by atoms with Crippen molar-refractivity contribution in [2.45, 2.75) is 24.7 Å². The van der Waals surface area contributed by atoms with Gasteiger partial charge in [-0.2, -0.15) is 4.31 Å². The maximum absolute atomic E-state index is 12.7. The van der Waals surface area contributed by atoms with Crippen LogP contribution in [0.1, 0.15) is 30.1 Å². The summed E-state index contributed by atoms with van der Waals surface area (Å²) in [5.74, 6) is -1.41. The van der Waals surface area contributed by atoms with Gasteiger partial charge in [-0.05, 0) is 38.0 Å². The van der Waals surface area contributed by atoms with E-state index in [1.165, 1.54) is 28.6 Å². The van der Waals surface area contributed by atoms with Crippen LogP contribution in [-0.4, -0.2) is 63.5 Å². The second kappa shape index (κ2) is 9.26. The number of ether oxygens (including phenoxy) is 2. The third-order valence-corrected chi connectivity index (χ3v) is 6.59. The molecule has 1 fully saturated rings. The van der Waals surface area contributed by atoms with Crippen molar-refractivity contribution in [1.82, 2.24) is 14.9 Å². The van der Waals surface area contributed by atoms with Gasteiger partial charge in [0.05, 0.1) is 34.9 Å². The standard InChI is InChI=1S/C19H23N3O7S/c1-2-28-18(24)15-11-20-19(25)21-16(15)12-29-17(23)13-6-5-7-14(10-13)30(26,27)22-8-3-4-9-22/h5-7,10H,2-4,8-9,11-12H2,1H3,(H2,20,21,25). The molecule has 1 aromatic rings. The van der Waals surface area contributed by atoms with E-state index in [1.807, 2.05) is 0 Å². The lowest BCUT2D eigenvalue weighted by Gasteiger charge is -2.21. The predicted octanol–water partition coefficient (Wildman–Crippen LogP) is 0.758. The van der Waals surface area contributed by atoms with Gasteiger partial charge in [0.25, 0.3) is 0 Å². The summed E-state index contributed by atoms with van der Waals surface area (Å²) in [6.07, 6.45) is 1.61. The Morgan fingerprint density at radius 1 is 1.13 bits per heavy atom. The van der Waals surface area contributed by atoms with Gasteiger partial charge in [-0.1, -0.05) is 6.07 Å². The first-order valence-corrected chi connectivity index (χ1v) is 11.0. The Hall–Kier alpha value is -2.92. The second-order valence-corrected chi connectivity index (χ2v) is 8.64. The number of rotatable bonds is 7. The van der Waals surface area contributed by atoms with Crippen LogP contribution < -0.4 is 10.6 Å². The Balaban J connectivity index is 1.74. The highest BCUT2D eigenvalue weighted by Gasteiger charge is 2.28. The van der Waals surface area contributed by atoms with Crippen LogP contribution in [0.3, 0.4) is 0 Å². The maximum atomic E-state index is 12.7. The van der Waals surface area contributed by atoms with E-state index >= 15 is 0 Å². The third-order valence-electron chi connectivity index (χ3n) is 4.70. The van der Waals surface area contributed by atoms with Crippen molar-refractivity contribution in [1.29, 1.82) is 0 Å². The van der Waals surface area contributed by atoms with E-state index in [4.69, 9.17) is 9.47 Å². The van der Waals surface area contributed by atoms with E-state index < -0.39 is 28.0 Å². The average Bonchev–Trinajstić information content (AvgIpc) is 3.28. The smallest absolute Gasteiger partial charge is 0.338 e. The zero-order valence-electron chi connectivity index (χ0n) is 16.5. The van der Waals surface area contributed by atoms with Gasteiger partial charge in [0, 0.05) is 13.1 Å². The van der Waals surface area contributed by atoms with Crippen LogP contribution in [0.15, 0.2) is 40.4 Å². The van der Waals surface area contributed by atoms with Gasteiger partial charge in [0.15, 0.2) is 0 Å². The Labute approximate surface area is 174 Å². The molecule has 0 spiro atoms. The molecule has 0 saturated carbocycles. The molecule has 30 heavy (non-hydrogen) atoms. The number of hydrogen-bond donors (Lipinski definition) is 2. The fourth-order valence-electron chi connectivity index (χ4n) is 3.15. The number of amides is 2. The Morgan fingerprint density at radius 3 is 2.57 bits per heavy atom. The van der Waals surface area contributed by atoms with E-state index in [-0.39, 0.29) is 41.5 Å². The van der Waals surface area contributed by atoms with E-state index in [0.717, 1.165) is 12.8 Å². The molecule has 1 saturated heterocycles. The van der Waals surface area contributed by atoms with E-state index in [1.54, 1.807) is 6.92 Å². The first-order chi connectivity index (χ1) is 14.3. The highest BCUT2D eigenvalue weighted by molar-refractivity contribution is 7.89. The molecule has 0 bridgehead atoms. The monoisotopic (exact) mass is 437 g/mol. The zero-order chi connectivity index (χ0) is 21.7. The van der Waals surface area contributed by atoms with E-state index in [2.05, 4.69) is 10.6 Å². The quantitative estimate of drug-likeness (QED) is 0.602. The van der Waals surface area contributed by atoms with Gasteiger partial charge in [0.2, 0.25) is 10.0 Å². The van der Waals surface area contributed by atoms with E-state index in [0.29, 0.717) is 13.1 Å². The Morgan fingerprint density at radius 2 is 1.87 bits per heavy atom.